The number of aryl methyl sites for hydroxylation is 3. The Bertz CT molecular complexity index is 700. The summed E-state index contributed by atoms with van der Waals surface area (Å²) in [5.74, 6) is -0.0765. The second-order valence-electron chi connectivity index (χ2n) is 4.68. The Balaban J connectivity index is 2.31. The fourth-order valence-electron chi connectivity index (χ4n) is 2.23. The summed E-state index contributed by atoms with van der Waals surface area (Å²) >= 11 is 1.57. The van der Waals surface area contributed by atoms with Gasteiger partial charge in [-0.3, -0.25) is 19.6 Å². The van der Waals surface area contributed by atoms with Gasteiger partial charge in [-0.15, -0.1) is 11.3 Å². The molecule has 0 aliphatic heterocycles. The maximum Gasteiger partial charge on any atom is 0.312 e. The summed E-state index contributed by atoms with van der Waals surface area (Å²) in [6.07, 6.45) is 0. The van der Waals surface area contributed by atoms with Crippen molar-refractivity contribution in [3.8, 4) is 0 Å². The first-order valence-corrected chi connectivity index (χ1v) is 6.91. The third-order valence-corrected chi connectivity index (χ3v) is 4.13. The van der Waals surface area contributed by atoms with Crippen LogP contribution in [0, 0.1) is 37.8 Å². The van der Waals surface area contributed by atoms with E-state index in [0.717, 1.165) is 9.75 Å². The normalized spacial score (nSPS) is 10.8. The van der Waals surface area contributed by atoms with Crippen molar-refractivity contribution in [2.24, 2.45) is 0 Å². The predicted molar refractivity (Wildman–Crippen MR) is 76.5 cm³/mol. The first-order chi connectivity index (χ1) is 9.31. The van der Waals surface area contributed by atoms with Crippen LogP contribution in [-0.2, 0) is 6.54 Å². The van der Waals surface area contributed by atoms with E-state index in [1.54, 1.807) is 25.2 Å². The van der Waals surface area contributed by atoms with E-state index in [4.69, 9.17) is 0 Å². The van der Waals surface area contributed by atoms with Gasteiger partial charge in [0.25, 0.3) is 0 Å². The van der Waals surface area contributed by atoms with Crippen molar-refractivity contribution in [3.63, 3.8) is 0 Å². The smallest absolute Gasteiger partial charge is 0.292 e. The van der Waals surface area contributed by atoms with E-state index in [9.17, 15) is 14.9 Å². The average molecular weight is 293 g/mol. The van der Waals surface area contributed by atoms with Gasteiger partial charge in [-0.1, -0.05) is 0 Å². The first kappa shape index (κ1) is 14.4. The molecule has 0 unspecified atom stereocenters. The number of ketones is 1. The number of hydrogen-bond donors (Lipinski definition) is 0. The van der Waals surface area contributed by atoms with E-state index in [-0.39, 0.29) is 18.0 Å². The van der Waals surface area contributed by atoms with Crippen molar-refractivity contribution in [2.75, 3.05) is 0 Å². The maximum atomic E-state index is 12.3. The van der Waals surface area contributed by atoms with E-state index in [0.29, 0.717) is 17.0 Å². The molecule has 0 amide bonds. The van der Waals surface area contributed by atoms with Crippen LogP contribution in [-0.4, -0.2) is 20.5 Å². The van der Waals surface area contributed by atoms with Crippen LogP contribution in [0.1, 0.15) is 31.5 Å². The van der Waals surface area contributed by atoms with Crippen LogP contribution in [0.2, 0.25) is 0 Å². The topological polar surface area (TPSA) is 78.0 Å². The molecule has 0 saturated carbocycles. The highest BCUT2D eigenvalue weighted by Crippen LogP contribution is 2.24. The molecule has 0 N–H and O–H groups in total. The second kappa shape index (κ2) is 5.16. The molecule has 0 radical (unpaired) electrons. The Kier molecular flexibility index (Phi) is 3.71. The molecule has 0 bridgehead atoms. The molecule has 2 heterocycles. The summed E-state index contributed by atoms with van der Waals surface area (Å²) in [6, 6.07) is 1.85. The lowest BCUT2D eigenvalue weighted by Crippen LogP contribution is -2.13. The molecule has 20 heavy (non-hydrogen) atoms. The highest BCUT2D eigenvalue weighted by atomic mass is 32.1. The fraction of sp³-hybridized carbons (Fsp3) is 0.385. The van der Waals surface area contributed by atoms with Gasteiger partial charge in [0.05, 0.1) is 4.92 Å². The standard InChI is InChI=1S/C13H15N3O3S/c1-7-5-11(10(4)20-7)12(17)6-15-9(3)13(16(18)19)8(2)14-15/h5H,6H2,1-4H3. The van der Waals surface area contributed by atoms with E-state index >= 15 is 0 Å². The summed E-state index contributed by atoms with van der Waals surface area (Å²) < 4.78 is 1.40. The SMILES string of the molecule is Cc1cc(C(=O)Cn2nc(C)c([N+](=O)[O-])c2C)c(C)s1. The molecule has 0 aromatic carbocycles. The van der Waals surface area contributed by atoms with Gasteiger partial charge in [0, 0.05) is 15.3 Å². The van der Waals surface area contributed by atoms with Gasteiger partial charge in [0.15, 0.2) is 5.78 Å². The number of carbonyl (C=O) groups is 1. The van der Waals surface area contributed by atoms with Gasteiger partial charge in [-0.2, -0.15) is 5.10 Å². The van der Waals surface area contributed by atoms with Crippen LogP contribution >= 0.6 is 11.3 Å². The zero-order valence-electron chi connectivity index (χ0n) is 11.8. The van der Waals surface area contributed by atoms with E-state index < -0.39 is 4.92 Å². The van der Waals surface area contributed by atoms with Crippen LogP contribution in [0.3, 0.4) is 0 Å². The van der Waals surface area contributed by atoms with Gasteiger partial charge in [-0.05, 0) is 33.8 Å². The quantitative estimate of drug-likeness (QED) is 0.493. The Labute approximate surface area is 120 Å². The molecule has 2 aromatic heterocycles. The lowest BCUT2D eigenvalue weighted by atomic mass is 10.1. The van der Waals surface area contributed by atoms with Crippen molar-refractivity contribution in [3.05, 3.63) is 42.9 Å². The van der Waals surface area contributed by atoms with Crippen LogP contribution in [0.25, 0.3) is 0 Å². The molecule has 0 fully saturated rings. The minimum Gasteiger partial charge on any atom is -0.292 e. The fourth-order valence-corrected chi connectivity index (χ4v) is 3.18. The lowest BCUT2D eigenvalue weighted by Gasteiger charge is -2.02. The third kappa shape index (κ3) is 2.49. The number of rotatable bonds is 4. The number of carbonyl (C=O) groups excluding carboxylic acids is 1. The van der Waals surface area contributed by atoms with E-state index in [2.05, 4.69) is 5.10 Å². The largest absolute Gasteiger partial charge is 0.312 e. The molecular weight excluding hydrogens is 278 g/mol. The summed E-state index contributed by atoms with van der Waals surface area (Å²) in [5, 5.41) is 15.0. The van der Waals surface area contributed by atoms with Gasteiger partial charge in [0.1, 0.15) is 17.9 Å². The maximum absolute atomic E-state index is 12.3. The number of hydrogen-bond acceptors (Lipinski definition) is 5. The number of nitrogens with zero attached hydrogens (tertiary/aromatic N) is 3. The van der Waals surface area contributed by atoms with Crippen molar-refractivity contribution < 1.29 is 9.72 Å². The number of nitro groups is 1. The summed E-state index contributed by atoms with van der Waals surface area (Å²) in [6.45, 7) is 7.05. The molecule has 2 rings (SSSR count). The van der Waals surface area contributed by atoms with Crippen molar-refractivity contribution in [1.82, 2.24) is 9.78 Å². The third-order valence-electron chi connectivity index (χ3n) is 3.16. The number of aromatic nitrogens is 2. The minimum absolute atomic E-state index is 0.0176. The Morgan fingerprint density at radius 1 is 1.40 bits per heavy atom. The van der Waals surface area contributed by atoms with Crippen molar-refractivity contribution in [1.29, 1.82) is 0 Å². The highest BCUT2D eigenvalue weighted by Gasteiger charge is 2.23. The molecule has 0 aliphatic rings. The molecule has 2 aromatic rings. The van der Waals surface area contributed by atoms with Crippen LogP contribution < -0.4 is 0 Å². The van der Waals surface area contributed by atoms with Crippen LogP contribution in [0.4, 0.5) is 5.69 Å². The highest BCUT2D eigenvalue weighted by molar-refractivity contribution is 7.12. The number of thiophene rings is 1. The molecule has 0 spiro atoms. The number of Topliss-reactive ketones (excluding diaryl/α,β-unsaturated/α-hetero) is 1. The summed E-state index contributed by atoms with van der Waals surface area (Å²) in [5.41, 5.74) is 1.39. The predicted octanol–water partition coefficient (Wildman–Crippen LogP) is 2.97. The summed E-state index contributed by atoms with van der Waals surface area (Å²) in [7, 11) is 0. The first-order valence-electron chi connectivity index (χ1n) is 6.10. The molecule has 0 atom stereocenters. The summed E-state index contributed by atoms with van der Waals surface area (Å²) in [4.78, 5) is 24.8. The van der Waals surface area contributed by atoms with Gasteiger partial charge < -0.3 is 0 Å². The molecular formula is C13H15N3O3S. The molecule has 0 aliphatic carbocycles. The second-order valence-corrected chi connectivity index (χ2v) is 6.14. The minimum atomic E-state index is -0.460. The molecule has 6 nitrogen and oxygen atoms in total. The van der Waals surface area contributed by atoms with Gasteiger partial charge >= 0.3 is 5.69 Å². The molecule has 0 saturated heterocycles. The van der Waals surface area contributed by atoms with Crippen molar-refractivity contribution >= 4 is 22.8 Å². The Morgan fingerprint density at radius 3 is 2.50 bits per heavy atom. The molecule has 7 heteroatoms. The Morgan fingerprint density at radius 2 is 2.05 bits per heavy atom. The Hall–Kier alpha value is -2.02. The van der Waals surface area contributed by atoms with Crippen LogP contribution in [0.5, 0.6) is 0 Å². The van der Waals surface area contributed by atoms with Gasteiger partial charge in [0.2, 0.25) is 0 Å². The van der Waals surface area contributed by atoms with E-state index in [1.165, 1.54) is 4.68 Å². The lowest BCUT2D eigenvalue weighted by molar-refractivity contribution is -0.386. The monoisotopic (exact) mass is 293 g/mol. The van der Waals surface area contributed by atoms with E-state index in [1.807, 2.05) is 19.9 Å². The van der Waals surface area contributed by atoms with Gasteiger partial charge in [-0.25, -0.2) is 0 Å². The molecule has 106 valence electrons. The van der Waals surface area contributed by atoms with Crippen LogP contribution in [0.15, 0.2) is 6.07 Å². The van der Waals surface area contributed by atoms with Crippen molar-refractivity contribution in [2.45, 2.75) is 34.2 Å². The zero-order valence-corrected chi connectivity index (χ0v) is 12.6. The average Bonchev–Trinajstić information content (AvgIpc) is 2.79. The zero-order chi connectivity index (χ0) is 15.0.